The van der Waals surface area contributed by atoms with Crippen LogP contribution in [0.5, 0.6) is 5.75 Å². The maximum absolute atomic E-state index is 12.5. The Hall–Kier alpha value is -2.35. The van der Waals surface area contributed by atoms with Crippen LogP contribution in [0.3, 0.4) is 0 Å². The number of benzene rings is 1. The fraction of sp³-hybridized carbons (Fsp3) is 0.550. The topological polar surface area (TPSA) is 70.6 Å². The van der Waals surface area contributed by atoms with Crippen LogP contribution in [0, 0.1) is 0 Å². The Morgan fingerprint density at radius 2 is 2.14 bits per heavy atom. The van der Waals surface area contributed by atoms with Gasteiger partial charge in [-0.05, 0) is 45.4 Å². The molecule has 7 nitrogen and oxygen atoms in total. The van der Waals surface area contributed by atoms with E-state index in [1.807, 2.05) is 43.9 Å². The van der Waals surface area contributed by atoms with Gasteiger partial charge in [-0.3, -0.25) is 0 Å². The molecule has 1 aliphatic rings. The lowest BCUT2D eigenvalue weighted by Crippen LogP contribution is -2.59. The molecule has 8 heteroatoms. The van der Waals surface area contributed by atoms with Crippen molar-refractivity contribution in [3.05, 3.63) is 35.7 Å². The van der Waals surface area contributed by atoms with Crippen LogP contribution >= 0.6 is 11.5 Å². The number of nitrogens with one attached hydrogen (secondary N) is 1. The number of hydrogen-bond acceptors (Lipinski definition) is 6. The van der Waals surface area contributed by atoms with Gasteiger partial charge in [0.15, 0.2) is 0 Å². The summed E-state index contributed by atoms with van der Waals surface area (Å²) < 4.78 is 9.81. The average Bonchev–Trinajstić information content (AvgIpc) is 3.08. The number of nitrogens with zero attached hydrogens (tertiary/aromatic N) is 4. The van der Waals surface area contributed by atoms with Crippen molar-refractivity contribution < 1.29 is 9.53 Å². The fourth-order valence-electron chi connectivity index (χ4n) is 3.24. The molecule has 152 valence electrons. The highest BCUT2D eigenvalue weighted by Gasteiger charge is 2.30. The molecule has 0 bridgehead atoms. The summed E-state index contributed by atoms with van der Waals surface area (Å²) in [6, 6.07) is 8.08. The van der Waals surface area contributed by atoms with Crippen molar-refractivity contribution in [1.82, 2.24) is 19.6 Å². The van der Waals surface area contributed by atoms with E-state index in [1.165, 1.54) is 11.5 Å². The van der Waals surface area contributed by atoms with Gasteiger partial charge in [0.2, 0.25) is 5.13 Å². The number of urea groups is 1. The Kier molecular flexibility index (Phi) is 6.07. The van der Waals surface area contributed by atoms with Crippen LogP contribution in [0.25, 0.3) is 0 Å². The first-order valence-corrected chi connectivity index (χ1v) is 10.3. The highest BCUT2D eigenvalue weighted by atomic mass is 32.1. The van der Waals surface area contributed by atoms with Gasteiger partial charge in [-0.1, -0.05) is 12.1 Å². The molecule has 0 radical (unpaired) electrons. The van der Waals surface area contributed by atoms with E-state index in [0.29, 0.717) is 13.0 Å². The molecule has 1 atom stereocenters. The van der Waals surface area contributed by atoms with E-state index in [9.17, 15) is 4.79 Å². The molecule has 2 amide bonds. The van der Waals surface area contributed by atoms with E-state index < -0.39 is 0 Å². The molecule has 2 heterocycles. The summed E-state index contributed by atoms with van der Waals surface area (Å²) in [6.07, 6.45) is 0.678. The third-order valence-corrected chi connectivity index (χ3v) is 5.41. The number of aromatic nitrogens is 2. The van der Waals surface area contributed by atoms with Gasteiger partial charge in [0, 0.05) is 49.2 Å². The molecule has 1 N–H and O–H groups in total. The van der Waals surface area contributed by atoms with Crippen LogP contribution in [0.1, 0.15) is 39.1 Å². The van der Waals surface area contributed by atoms with Gasteiger partial charge in [0.05, 0.1) is 7.11 Å². The monoisotopic (exact) mass is 403 g/mol. The summed E-state index contributed by atoms with van der Waals surface area (Å²) in [5, 5.41) is 3.96. The number of carbonyl (C=O) groups is 1. The second-order valence-corrected chi connectivity index (χ2v) is 8.92. The maximum atomic E-state index is 12.5. The van der Waals surface area contributed by atoms with Crippen molar-refractivity contribution >= 4 is 22.7 Å². The highest BCUT2D eigenvalue weighted by Crippen LogP contribution is 2.23. The Labute approximate surface area is 170 Å². The largest absolute Gasteiger partial charge is 0.497 e. The molecule has 0 spiro atoms. The van der Waals surface area contributed by atoms with Gasteiger partial charge in [-0.25, -0.2) is 9.78 Å². The third kappa shape index (κ3) is 5.13. The summed E-state index contributed by atoms with van der Waals surface area (Å²) in [4.78, 5) is 21.3. The van der Waals surface area contributed by atoms with E-state index in [4.69, 9.17) is 9.72 Å². The van der Waals surface area contributed by atoms with Crippen LogP contribution in [-0.4, -0.2) is 58.6 Å². The van der Waals surface area contributed by atoms with Crippen LogP contribution in [-0.2, 0) is 6.42 Å². The van der Waals surface area contributed by atoms with Gasteiger partial charge in [-0.2, -0.15) is 4.37 Å². The van der Waals surface area contributed by atoms with Crippen LogP contribution < -0.4 is 15.0 Å². The van der Waals surface area contributed by atoms with Crippen molar-refractivity contribution in [2.24, 2.45) is 0 Å². The number of ether oxygens (including phenoxy) is 1. The molecule has 1 aliphatic heterocycles. The molecule has 1 fully saturated rings. The Morgan fingerprint density at radius 1 is 1.36 bits per heavy atom. The summed E-state index contributed by atoms with van der Waals surface area (Å²) >= 11 is 1.42. The SMILES string of the molecule is COc1cccc(Cc2nsc(N3CCN(C(=O)NC(C)(C)C)[C@H](C)C3)n2)c1. The lowest BCUT2D eigenvalue weighted by Gasteiger charge is -2.40. The quantitative estimate of drug-likeness (QED) is 0.849. The number of hydrogen-bond donors (Lipinski definition) is 1. The number of anilines is 1. The summed E-state index contributed by atoms with van der Waals surface area (Å²) in [6.45, 7) is 10.3. The van der Waals surface area contributed by atoms with E-state index in [0.717, 1.165) is 35.4 Å². The molecule has 1 aromatic carbocycles. The molecule has 1 saturated heterocycles. The normalized spacial score (nSPS) is 17.5. The summed E-state index contributed by atoms with van der Waals surface area (Å²) in [5.74, 6) is 1.65. The third-order valence-electron chi connectivity index (χ3n) is 4.59. The zero-order valence-electron chi connectivity index (χ0n) is 17.2. The number of rotatable bonds is 4. The van der Waals surface area contributed by atoms with Gasteiger partial charge < -0.3 is 19.9 Å². The molecule has 0 unspecified atom stereocenters. The second-order valence-electron chi connectivity index (χ2n) is 8.19. The van der Waals surface area contributed by atoms with Crippen molar-refractivity contribution in [2.45, 2.75) is 45.7 Å². The van der Waals surface area contributed by atoms with Crippen molar-refractivity contribution in [2.75, 3.05) is 31.6 Å². The Balaban J connectivity index is 1.61. The first-order valence-electron chi connectivity index (χ1n) is 9.54. The Morgan fingerprint density at radius 3 is 2.82 bits per heavy atom. The van der Waals surface area contributed by atoms with Crippen molar-refractivity contribution in [3.8, 4) is 5.75 Å². The maximum Gasteiger partial charge on any atom is 0.318 e. The van der Waals surface area contributed by atoms with Crippen molar-refractivity contribution in [1.29, 1.82) is 0 Å². The summed E-state index contributed by atoms with van der Waals surface area (Å²) in [7, 11) is 1.67. The van der Waals surface area contributed by atoms with Gasteiger partial charge >= 0.3 is 6.03 Å². The first kappa shape index (κ1) is 20.4. The standard InChI is InChI=1S/C20H29N5O2S/c1-14-13-24(9-10-25(14)18(26)22-20(2,3)4)19-21-17(23-28-19)12-15-7-6-8-16(11-15)27-5/h6-8,11,14H,9-10,12-13H2,1-5H3,(H,22,26)/t14-/m1/s1. The van der Waals surface area contributed by atoms with Crippen LogP contribution in [0.4, 0.5) is 9.93 Å². The van der Waals surface area contributed by atoms with E-state index in [1.54, 1.807) is 7.11 Å². The fourth-order valence-corrected chi connectivity index (χ4v) is 3.96. The van der Waals surface area contributed by atoms with Crippen LogP contribution in [0.2, 0.25) is 0 Å². The first-order chi connectivity index (χ1) is 13.2. The predicted molar refractivity (Wildman–Crippen MR) is 112 cm³/mol. The number of carbonyl (C=O) groups excluding carboxylic acids is 1. The zero-order valence-corrected chi connectivity index (χ0v) is 18.0. The molecule has 0 aliphatic carbocycles. The van der Waals surface area contributed by atoms with E-state index in [2.05, 4.69) is 27.6 Å². The smallest absolute Gasteiger partial charge is 0.318 e. The van der Waals surface area contributed by atoms with Gasteiger partial charge in [0.25, 0.3) is 0 Å². The molecular formula is C20H29N5O2S. The second kappa shape index (κ2) is 8.34. The lowest BCUT2D eigenvalue weighted by molar-refractivity contribution is 0.163. The van der Waals surface area contributed by atoms with Crippen molar-refractivity contribution in [3.63, 3.8) is 0 Å². The predicted octanol–water partition coefficient (Wildman–Crippen LogP) is 3.16. The average molecular weight is 404 g/mol. The molecule has 3 rings (SSSR count). The molecule has 2 aromatic rings. The van der Waals surface area contributed by atoms with E-state index >= 15 is 0 Å². The van der Waals surface area contributed by atoms with E-state index in [-0.39, 0.29) is 17.6 Å². The molecule has 0 saturated carbocycles. The number of methoxy groups -OCH3 is 1. The summed E-state index contributed by atoms with van der Waals surface area (Å²) in [5.41, 5.74) is 0.892. The minimum absolute atomic E-state index is 0.00405. The van der Waals surface area contributed by atoms with Gasteiger partial charge in [-0.15, -0.1) is 0 Å². The Bertz CT molecular complexity index is 817. The lowest BCUT2D eigenvalue weighted by atomic mass is 10.1. The highest BCUT2D eigenvalue weighted by molar-refractivity contribution is 7.09. The number of amides is 2. The zero-order chi connectivity index (χ0) is 20.3. The number of piperazine rings is 1. The van der Waals surface area contributed by atoms with Gasteiger partial charge in [0.1, 0.15) is 11.6 Å². The molecular weight excluding hydrogens is 374 g/mol. The minimum Gasteiger partial charge on any atom is -0.497 e. The van der Waals surface area contributed by atoms with Crippen LogP contribution in [0.15, 0.2) is 24.3 Å². The molecule has 1 aromatic heterocycles. The minimum atomic E-state index is -0.234. The molecule has 28 heavy (non-hydrogen) atoms.